The molecule has 0 spiro atoms. The zero-order valence-electron chi connectivity index (χ0n) is 9.78. The van der Waals surface area contributed by atoms with E-state index in [4.69, 9.17) is 4.74 Å². The van der Waals surface area contributed by atoms with Crippen LogP contribution in [0.2, 0.25) is 0 Å². The molecule has 1 aliphatic rings. The predicted octanol–water partition coefficient (Wildman–Crippen LogP) is 1.47. The molecular formula is C12H13N3O2. The average Bonchev–Trinajstić information content (AvgIpc) is 3.02. The van der Waals surface area contributed by atoms with Crippen molar-refractivity contribution in [1.82, 2.24) is 15.0 Å². The van der Waals surface area contributed by atoms with Gasteiger partial charge in [0.05, 0.1) is 12.6 Å². The molecule has 3 rings (SSSR count). The Bertz CT molecular complexity index is 599. The molecule has 0 aromatic carbocycles. The maximum absolute atomic E-state index is 11.8. The van der Waals surface area contributed by atoms with Crippen LogP contribution in [0.15, 0.2) is 12.3 Å². The highest BCUT2D eigenvalue weighted by Gasteiger charge is 2.55. The number of hydrogen-bond acceptors (Lipinski definition) is 4. The Labute approximate surface area is 98.2 Å². The summed E-state index contributed by atoms with van der Waals surface area (Å²) in [6.07, 6.45) is 3.30. The molecule has 0 atom stereocenters. The molecule has 0 aliphatic heterocycles. The number of pyridine rings is 1. The fourth-order valence-electron chi connectivity index (χ4n) is 2.12. The summed E-state index contributed by atoms with van der Waals surface area (Å²) in [4.78, 5) is 23.6. The third-order valence-electron chi connectivity index (χ3n) is 3.38. The fraction of sp³-hybridized carbons (Fsp3) is 0.417. The summed E-state index contributed by atoms with van der Waals surface area (Å²) >= 11 is 0. The number of carbonyl (C=O) groups is 1. The Morgan fingerprint density at radius 3 is 2.88 bits per heavy atom. The molecule has 17 heavy (non-hydrogen) atoms. The number of nitrogens with zero attached hydrogens (tertiary/aromatic N) is 2. The zero-order chi connectivity index (χ0) is 12.0. The monoisotopic (exact) mass is 231 g/mol. The van der Waals surface area contributed by atoms with Gasteiger partial charge in [-0.25, -0.2) is 9.97 Å². The van der Waals surface area contributed by atoms with Crippen molar-refractivity contribution in [2.45, 2.75) is 25.2 Å². The highest BCUT2D eigenvalue weighted by atomic mass is 16.5. The first kappa shape index (κ1) is 10.3. The lowest BCUT2D eigenvalue weighted by Crippen LogP contribution is -2.23. The summed E-state index contributed by atoms with van der Waals surface area (Å²) in [7, 11) is 1.41. The van der Waals surface area contributed by atoms with Crippen molar-refractivity contribution in [3.63, 3.8) is 0 Å². The second kappa shape index (κ2) is 3.29. The van der Waals surface area contributed by atoms with Gasteiger partial charge < -0.3 is 9.72 Å². The molecule has 1 N–H and O–H groups in total. The molecule has 1 fully saturated rings. The van der Waals surface area contributed by atoms with Gasteiger partial charge in [0, 0.05) is 6.20 Å². The molecule has 0 bridgehead atoms. The topological polar surface area (TPSA) is 67.9 Å². The lowest BCUT2D eigenvalue weighted by Gasteiger charge is -2.08. The van der Waals surface area contributed by atoms with E-state index in [1.54, 1.807) is 6.20 Å². The van der Waals surface area contributed by atoms with E-state index < -0.39 is 5.41 Å². The van der Waals surface area contributed by atoms with E-state index in [-0.39, 0.29) is 5.97 Å². The van der Waals surface area contributed by atoms with Crippen molar-refractivity contribution in [2.24, 2.45) is 0 Å². The van der Waals surface area contributed by atoms with Gasteiger partial charge in [0.25, 0.3) is 0 Å². The largest absolute Gasteiger partial charge is 0.468 e. The number of carbonyl (C=O) groups excluding carboxylic acids is 1. The molecule has 0 amide bonds. The van der Waals surface area contributed by atoms with Crippen molar-refractivity contribution in [3.8, 4) is 0 Å². The lowest BCUT2D eigenvalue weighted by atomic mass is 10.1. The predicted molar refractivity (Wildman–Crippen MR) is 61.6 cm³/mol. The number of esters is 1. The molecule has 2 aromatic rings. The molecule has 1 saturated carbocycles. The Kier molecular flexibility index (Phi) is 1.98. The number of aromatic amines is 1. The number of hydrogen-bond donors (Lipinski definition) is 1. The number of nitrogens with one attached hydrogen (secondary N) is 1. The Morgan fingerprint density at radius 1 is 1.53 bits per heavy atom. The van der Waals surface area contributed by atoms with Crippen LogP contribution in [0.1, 0.15) is 24.2 Å². The zero-order valence-corrected chi connectivity index (χ0v) is 9.78. The van der Waals surface area contributed by atoms with Gasteiger partial charge in [-0.05, 0) is 31.4 Å². The lowest BCUT2D eigenvalue weighted by molar-refractivity contribution is -0.143. The molecule has 5 nitrogen and oxygen atoms in total. The summed E-state index contributed by atoms with van der Waals surface area (Å²) in [6, 6.07) is 1.92. The molecule has 1 aliphatic carbocycles. The van der Waals surface area contributed by atoms with Crippen molar-refractivity contribution < 1.29 is 9.53 Å². The van der Waals surface area contributed by atoms with Crippen LogP contribution in [0.25, 0.3) is 11.2 Å². The third-order valence-corrected chi connectivity index (χ3v) is 3.38. The number of ether oxygens (including phenoxy) is 1. The van der Waals surface area contributed by atoms with E-state index in [1.807, 2.05) is 13.0 Å². The van der Waals surface area contributed by atoms with Crippen LogP contribution in [0.5, 0.6) is 0 Å². The summed E-state index contributed by atoms with van der Waals surface area (Å²) < 4.78 is 4.84. The van der Waals surface area contributed by atoms with E-state index in [1.165, 1.54) is 7.11 Å². The number of aryl methyl sites for hydroxylation is 1. The second-order valence-electron chi connectivity index (χ2n) is 4.49. The number of fused-ring (bicyclic) bond motifs is 1. The molecule has 0 unspecified atom stereocenters. The highest BCUT2D eigenvalue weighted by Crippen LogP contribution is 2.48. The van der Waals surface area contributed by atoms with E-state index in [0.29, 0.717) is 11.5 Å². The maximum Gasteiger partial charge on any atom is 0.319 e. The standard InChI is InChI=1S/C12H13N3O2/c1-7-3-6-13-9-8(7)14-10(15-9)12(4-5-12)11(16)17-2/h3,6H,4-5H2,1-2H3,(H,13,14,15). The summed E-state index contributed by atoms with van der Waals surface area (Å²) in [5, 5.41) is 0. The maximum atomic E-state index is 11.8. The van der Waals surface area contributed by atoms with E-state index >= 15 is 0 Å². The molecule has 0 saturated heterocycles. The van der Waals surface area contributed by atoms with Crippen LogP contribution in [-0.4, -0.2) is 28.0 Å². The fourth-order valence-corrected chi connectivity index (χ4v) is 2.12. The SMILES string of the molecule is COC(=O)C1(c2nc3nccc(C)c3[nH]2)CC1. The molecule has 88 valence electrons. The van der Waals surface area contributed by atoms with Crippen molar-refractivity contribution in [3.05, 3.63) is 23.7 Å². The smallest absolute Gasteiger partial charge is 0.319 e. The van der Waals surface area contributed by atoms with Crippen molar-refractivity contribution in [1.29, 1.82) is 0 Å². The molecule has 5 heteroatoms. The normalized spacial score (nSPS) is 17.1. The summed E-state index contributed by atoms with van der Waals surface area (Å²) in [5.41, 5.74) is 2.09. The van der Waals surface area contributed by atoms with Crippen molar-refractivity contribution >= 4 is 17.1 Å². The van der Waals surface area contributed by atoms with Gasteiger partial charge in [-0.15, -0.1) is 0 Å². The average molecular weight is 231 g/mol. The molecule has 2 heterocycles. The van der Waals surface area contributed by atoms with Gasteiger partial charge in [0.2, 0.25) is 0 Å². The number of rotatable bonds is 2. The Hall–Kier alpha value is -1.91. The molecular weight excluding hydrogens is 218 g/mol. The Morgan fingerprint density at radius 2 is 2.29 bits per heavy atom. The number of H-pyrrole nitrogens is 1. The first-order valence-electron chi connectivity index (χ1n) is 5.57. The van der Waals surface area contributed by atoms with E-state index in [2.05, 4.69) is 15.0 Å². The molecule has 0 radical (unpaired) electrons. The third kappa shape index (κ3) is 1.35. The minimum Gasteiger partial charge on any atom is -0.468 e. The van der Waals surface area contributed by atoms with Gasteiger partial charge >= 0.3 is 5.97 Å². The van der Waals surface area contributed by atoms with Crippen LogP contribution in [0, 0.1) is 6.92 Å². The van der Waals surface area contributed by atoms with Gasteiger partial charge in [0.15, 0.2) is 5.65 Å². The number of imidazole rings is 1. The van der Waals surface area contributed by atoms with Gasteiger partial charge in [-0.3, -0.25) is 4.79 Å². The van der Waals surface area contributed by atoms with Crippen LogP contribution >= 0.6 is 0 Å². The molecule has 2 aromatic heterocycles. The van der Waals surface area contributed by atoms with Crippen LogP contribution in [0.3, 0.4) is 0 Å². The van der Waals surface area contributed by atoms with Gasteiger partial charge in [-0.2, -0.15) is 0 Å². The van der Waals surface area contributed by atoms with Crippen LogP contribution < -0.4 is 0 Å². The quantitative estimate of drug-likeness (QED) is 0.795. The second-order valence-corrected chi connectivity index (χ2v) is 4.49. The summed E-state index contributed by atoms with van der Waals surface area (Å²) in [5.74, 6) is 0.468. The van der Waals surface area contributed by atoms with E-state index in [9.17, 15) is 4.79 Å². The highest BCUT2D eigenvalue weighted by molar-refractivity contribution is 5.87. The van der Waals surface area contributed by atoms with Gasteiger partial charge in [-0.1, -0.05) is 0 Å². The summed E-state index contributed by atoms with van der Waals surface area (Å²) in [6.45, 7) is 1.99. The van der Waals surface area contributed by atoms with Crippen LogP contribution in [-0.2, 0) is 14.9 Å². The first-order valence-corrected chi connectivity index (χ1v) is 5.57. The number of aromatic nitrogens is 3. The van der Waals surface area contributed by atoms with Crippen molar-refractivity contribution in [2.75, 3.05) is 7.11 Å². The van der Waals surface area contributed by atoms with Gasteiger partial charge in [0.1, 0.15) is 11.2 Å². The Balaban J connectivity index is 2.13. The van der Waals surface area contributed by atoms with Crippen LogP contribution in [0.4, 0.5) is 0 Å². The minimum absolute atomic E-state index is 0.214. The van der Waals surface area contributed by atoms with E-state index in [0.717, 1.165) is 23.9 Å². The first-order chi connectivity index (χ1) is 8.17. The minimum atomic E-state index is -0.554. The number of methoxy groups -OCH3 is 1.